The Labute approximate surface area is 148 Å². The number of carbonyl (C=O) groups is 2. The van der Waals surface area contributed by atoms with Crippen molar-refractivity contribution < 1.29 is 9.59 Å². The number of hydrogen-bond donors (Lipinski definition) is 2. The highest BCUT2D eigenvalue weighted by Crippen LogP contribution is 2.21. The molecule has 2 atom stereocenters. The van der Waals surface area contributed by atoms with E-state index in [2.05, 4.69) is 10.6 Å². The lowest BCUT2D eigenvalue weighted by atomic mass is 10.1. The molecule has 0 saturated carbocycles. The average molecular weight is 350 g/mol. The molecule has 1 aliphatic heterocycles. The van der Waals surface area contributed by atoms with Crippen LogP contribution in [0.4, 0.5) is 5.69 Å². The normalized spacial score (nSPS) is 18.5. The molecule has 1 fully saturated rings. The number of anilines is 1. The number of rotatable bonds is 7. The first-order chi connectivity index (χ1) is 11.5. The molecule has 5 nitrogen and oxygen atoms in total. The van der Waals surface area contributed by atoms with Gasteiger partial charge in [0.2, 0.25) is 11.8 Å². The zero-order valence-corrected chi connectivity index (χ0v) is 15.5. The second-order valence-corrected chi connectivity index (χ2v) is 7.69. The minimum atomic E-state index is -0.192. The van der Waals surface area contributed by atoms with Gasteiger partial charge in [0.15, 0.2) is 0 Å². The Balaban J connectivity index is 1.73. The van der Waals surface area contributed by atoms with Gasteiger partial charge in [-0.1, -0.05) is 17.7 Å². The van der Waals surface area contributed by atoms with Crippen LogP contribution >= 0.6 is 11.8 Å². The summed E-state index contributed by atoms with van der Waals surface area (Å²) in [4.78, 5) is 26.4. The van der Waals surface area contributed by atoms with E-state index < -0.39 is 0 Å². The number of likely N-dealkylation sites (tertiary alicyclic amines) is 1. The van der Waals surface area contributed by atoms with E-state index in [9.17, 15) is 9.59 Å². The van der Waals surface area contributed by atoms with E-state index in [1.165, 1.54) is 11.8 Å². The lowest BCUT2D eigenvalue weighted by molar-refractivity contribution is -0.129. The van der Waals surface area contributed by atoms with Gasteiger partial charge in [-0.15, -0.1) is 11.8 Å². The van der Waals surface area contributed by atoms with Gasteiger partial charge in [-0.25, -0.2) is 0 Å². The van der Waals surface area contributed by atoms with Crippen molar-refractivity contribution in [2.75, 3.05) is 37.8 Å². The predicted octanol–water partition coefficient (Wildman–Crippen LogP) is 2.12. The van der Waals surface area contributed by atoms with Crippen LogP contribution in [0, 0.1) is 12.8 Å². The second-order valence-electron chi connectivity index (χ2n) is 6.36. The molecule has 2 rings (SSSR count). The van der Waals surface area contributed by atoms with Crippen molar-refractivity contribution in [3.63, 3.8) is 0 Å². The van der Waals surface area contributed by atoms with Crippen LogP contribution in [0.2, 0.25) is 0 Å². The molecule has 0 aromatic heterocycles. The predicted molar refractivity (Wildman–Crippen MR) is 100 cm³/mol. The Kier molecular flexibility index (Phi) is 7.12. The van der Waals surface area contributed by atoms with Crippen LogP contribution in [-0.4, -0.2) is 54.4 Å². The SMILES string of the molecule is CNCC1CCN(C(=O)C(C)SCC(=O)Nc2ccc(C)cc2)C1. The molecule has 1 saturated heterocycles. The van der Waals surface area contributed by atoms with E-state index in [-0.39, 0.29) is 22.8 Å². The largest absolute Gasteiger partial charge is 0.341 e. The van der Waals surface area contributed by atoms with Gasteiger partial charge in [0.05, 0.1) is 11.0 Å². The molecular weight excluding hydrogens is 322 g/mol. The molecule has 2 N–H and O–H groups in total. The van der Waals surface area contributed by atoms with Gasteiger partial charge in [0.25, 0.3) is 0 Å². The zero-order chi connectivity index (χ0) is 17.5. The molecule has 24 heavy (non-hydrogen) atoms. The number of nitrogens with one attached hydrogen (secondary N) is 2. The molecule has 0 aliphatic carbocycles. The highest BCUT2D eigenvalue weighted by atomic mass is 32.2. The number of hydrogen-bond acceptors (Lipinski definition) is 4. The van der Waals surface area contributed by atoms with Crippen molar-refractivity contribution in [1.29, 1.82) is 0 Å². The standard InChI is InChI=1S/C18H27N3O2S/c1-13-4-6-16(7-5-13)20-17(22)12-24-14(2)18(23)21-9-8-15(11-21)10-19-3/h4-7,14-15,19H,8-12H2,1-3H3,(H,20,22). The molecule has 132 valence electrons. The van der Waals surface area contributed by atoms with Crippen molar-refractivity contribution in [2.24, 2.45) is 5.92 Å². The van der Waals surface area contributed by atoms with Crippen LogP contribution in [0.3, 0.4) is 0 Å². The third-order valence-electron chi connectivity index (χ3n) is 4.24. The van der Waals surface area contributed by atoms with Crippen LogP contribution in [-0.2, 0) is 9.59 Å². The first-order valence-corrected chi connectivity index (χ1v) is 9.46. The first-order valence-electron chi connectivity index (χ1n) is 8.41. The maximum absolute atomic E-state index is 12.5. The molecule has 1 aromatic carbocycles. The average Bonchev–Trinajstić information content (AvgIpc) is 3.03. The van der Waals surface area contributed by atoms with Crippen molar-refractivity contribution in [3.05, 3.63) is 29.8 Å². The summed E-state index contributed by atoms with van der Waals surface area (Å²) in [6, 6.07) is 7.70. The van der Waals surface area contributed by atoms with E-state index in [1.54, 1.807) is 0 Å². The van der Waals surface area contributed by atoms with Gasteiger partial charge < -0.3 is 15.5 Å². The highest BCUT2D eigenvalue weighted by Gasteiger charge is 2.28. The molecular formula is C18H27N3O2S. The fourth-order valence-corrected chi connectivity index (χ4v) is 3.62. The van der Waals surface area contributed by atoms with Gasteiger partial charge in [0.1, 0.15) is 0 Å². The summed E-state index contributed by atoms with van der Waals surface area (Å²) in [5.41, 5.74) is 1.95. The molecule has 1 heterocycles. The van der Waals surface area contributed by atoms with Crippen LogP contribution in [0.1, 0.15) is 18.9 Å². The number of amides is 2. The Hall–Kier alpha value is -1.53. The Bertz CT molecular complexity index is 562. The van der Waals surface area contributed by atoms with Crippen LogP contribution in [0.25, 0.3) is 0 Å². The molecule has 0 radical (unpaired) electrons. The number of benzene rings is 1. The quantitative estimate of drug-likeness (QED) is 0.792. The number of nitrogens with zero attached hydrogens (tertiary/aromatic N) is 1. The van der Waals surface area contributed by atoms with Crippen molar-refractivity contribution in [3.8, 4) is 0 Å². The number of carbonyl (C=O) groups excluding carboxylic acids is 2. The van der Waals surface area contributed by atoms with Crippen molar-refractivity contribution in [1.82, 2.24) is 10.2 Å². The monoisotopic (exact) mass is 349 g/mol. The van der Waals surface area contributed by atoms with Crippen LogP contribution in [0.15, 0.2) is 24.3 Å². The van der Waals surface area contributed by atoms with Gasteiger partial charge in [0, 0.05) is 18.8 Å². The molecule has 2 unspecified atom stereocenters. The van der Waals surface area contributed by atoms with E-state index in [1.807, 2.05) is 50.1 Å². The lowest BCUT2D eigenvalue weighted by Crippen LogP contribution is -2.36. The molecule has 0 spiro atoms. The molecule has 1 aliphatic rings. The second kappa shape index (κ2) is 9.08. The number of aryl methyl sites for hydroxylation is 1. The van der Waals surface area contributed by atoms with Crippen molar-refractivity contribution in [2.45, 2.75) is 25.5 Å². The summed E-state index contributed by atoms with van der Waals surface area (Å²) >= 11 is 1.40. The summed E-state index contributed by atoms with van der Waals surface area (Å²) in [5.74, 6) is 0.898. The first kappa shape index (κ1) is 18.8. The summed E-state index contributed by atoms with van der Waals surface area (Å²) in [5, 5.41) is 5.84. The fourth-order valence-electron chi connectivity index (χ4n) is 2.85. The third-order valence-corrected chi connectivity index (χ3v) is 5.37. The van der Waals surface area contributed by atoms with Gasteiger partial charge in [-0.2, -0.15) is 0 Å². The molecule has 0 bridgehead atoms. The minimum Gasteiger partial charge on any atom is -0.341 e. The third kappa shape index (κ3) is 5.53. The fraction of sp³-hybridized carbons (Fsp3) is 0.556. The summed E-state index contributed by atoms with van der Waals surface area (Å²) < 4.78 is 0. The van der Waals surface area contributed by atoms with E-state index >= 15 is 0 Å². The zero-order valence-electron chi connectivity index (χ0n) is 14.7. The summed E-state index contributed by atoms with van der Waals surface area (Å²) in [6.07, 6.45) is 1.05. The molecule has 1 aromatic rings. The van der Waals surface area contributed by atoms with Gasteiger partial charge in [-0.05, 0) is 51.9 Å². The van der Waals surface area contributed by atoms with Gasteiger partial charge >= 0.3 is 0 Å². The van der Waals surface area contributed by atoms with Gasteiger partial charge in [-0.3, -0.25) is 9.59 Å². The molecule has 2 amide bonds. The Morgan fingerprint density at radius 3 is 2.71 bits per heavy atom. The smallest absolute Gasteiger partial charge is 0.235 e. The molecule has 6 heteroatoms. The minimum absolute atomic E-state index is 0.0713. The lowest BCUT2D eigenvalue weighted by Gasteiger charge is -2.20. The Morgan fingerprint density at radius 2 is 2.04 bits per heavy atom. The number of thioether (sulfide) groups is 1. The maximum Gasteiger partial charge on any atom is 0.235 e. The maximum atomic E-state index is 12.5. The van der Waals surface area contributed by atoms with Crippen molar-refractivity contribution >= 4 is 29.3 Å². The highest BCUT2D eigenvalue weighted by molar-refractivity contribution is 8.01. The van der Waals surface area contributed by atoms with Crippen LogP contribution < -0.4 is 10.6 Å². The topological polar surface area (TPSA) is 61.4 Å². The summed E-state index contributed by atoms with van der Waals surface area (Å²) in [6.45, 7) is 6.49. The van der Waals surface area contributed by atoms with E-state index in [0.29, 0.717) is 5.92 Å². The van der Waals surface area contributed by atoms with E-state index in [0.717, 1.165) is 37.3 Å². The Morgan fingerprint density at radius 1 is 1.33 bits per heavy atom. The van der Waals surface area contributed by atoms with Crippen LogP contribution in [0.5, 0.6) is 0 Å². The summed E-state index contributed by atoms with van der Waals surface area (Å²) in [7, 11) is 1.94. The van der Waals surface area contributed by atoms with E-state index in [4.69, 9.17) is 0 Å².